The summed E-state index contributed by atoms with van der Waals surface area (Å²) in [7, 11) is 0. The number of nitrogens with two attached hydrogens (primary N) is 1. The summed E-state index contributed by atoms with van der Waals surface area (Å²) < 4.78 is 5.25. The van der Waals surface area contributed by atoms with Crippen molar-refractivity contribution in [3.63, 3.8) is 0 Å². The molecule has 0 spiro atoms. The van der Waals surface area contributed by atoms with Crippen molar-refractivity contribution in [3.05, 3.63) is 36.5 Å². The number of carbonyl (C=O) groups excluding carboxylic acids is 1. The van der Waals surface area contributed by atoms with Gasteiger partial charge in [0.1, 0.15) is 11.8 Å². The lowest BCUT2D eigenvalue weighted by molar-refractivity contribution is -0.136. The predicted octanol–water partition coefficient (Wildman–Crippen LogP) is 2.12. The number of ether oxygens (including phenoxy) is 1. The third kappa shape index (κ3) is 2.65. The first kappa shape index (κ1) is 12.5. The number of esters is 1. The van der Waals surface area contributed by atoms with Gasteiger partial charge in [0.2, 0.25) is 0 Å². The van der Waals surface area contributed by atoms with Crippen molar-refractivity contribution in [2.24, 2.45) is 11.7 Å². The Kier molecular flexibility index (Phi) is 3.58. The summed E-state index contributed by atoms with van der Waals surface area (Å²) in [5, 5.41) is 0.931. The molecule has 1 aromatic carbocycles. The Morgan fingerprint density at radius 2 is 2.11 bits per heavy atom. The van der Waals surface area contributed by atoms with Crippen LogP contribution in [0.3, 0.4) is 0 Å². The molecule has 0 aliphatic rings. The summed E-state index contributed by atoms with van der Waals surface area (Å²) in [5.41, 5.74) is 6.60. The van der Waals surface area contributed by atoms with E-state index in [-0.39, 0.29) is 5.92 Å². The van der Waals surface area contributed by atoms with E-state index in [1.54, 1.807) is 18.3 Å². The van der Waals surface area contributed by atoms with Gasteiger partial charge >= 0.3 is 5.97 Å². The fourth-order valence-corrected chi connectivity index (χ4v) is 1.57. The van der Waals surface area contributed by atoms with Gasteiger partial charge in [-0.05, 0) is 30.2 Å². The molecule has 18 heavy (non-hydrogen) atoms. The first-order chi connectivity index (χ1) is 8.58. The number of aromatic nitrogens is 1. The van der Waals surface area contributed by atoms with Gasteiger partial charge in [-0.1, -0.05) is 19.9 Å². The second-order valence-corrected chi connectivity index (χ2v) is 4.55. The van der Waals surface area contributed by atoms with Gasteiger partial charge in [-0.3, -0.25) is 4.98 Å². The molecule has 2 N–H and O–H groups in total. The number of carbonyl (C=O) groups is 1. The van der Waals surface area contributed by atoms with Crippen molar-refractivity contribution in [3.8, 4) is 5.75 Å². The molecule has 1 unspecified atom stereocenters. The zero-order valence-electron chi connectivity index (χ0n) is 10.5. The summed E-state index contributed by atoms with van der Waals surface area (Å²) in [5.74, 6) is 0.143. The van der Waals surface area contributed by atoms with Crippen molar-refractivity contribution in [1.29, 1.82) is 0 Å². The molecule has 1 aromatic heterocycles. The lowest BCUT2D eigenvalue weighted by Crippen LogP contribution is -2.38. The second-order valence-electron chi connectivity index (χ2n) is 4.55. The summed E-state index contributed by atoms with van der Waals surface area (Å²) >= 11 is 0. The van der Waals surface area contributed by atoms with Crippen LogP contribution in [0.2, 0.25) is 0 Å². The molecular weight excluding hydrogens is 228 g/mol. The Bertz CT molecular complexity index is 566. The highest BCUT2D eigenvalue weighted by atomic mass is 16.5. The lowest BCUT2D eigenvalue weighted by Gasteiger charge is -2.14. The van der Waals surface area contributed by atoms with Crippen LogP contribution in [0.15, 0.2) is 36.5 Å². The smallest absolute Gasteiger partial charge is 0.328 e. The maximum Gasteiger partial charge on any atom is 0.328 e. The van der Waals surface area contributed by atoms with Crippen LogP contribution in [-0.4, -0.2) is 17.0 Å². The van der Waals surface area contributed by atoms with E-state index in [1.165, 1.54) is 0 Å². The summed E-state index contributed by atoms with van der Waals surface area (Å²) in [6.45, 7) is 3.77. The molecule has 94 valence electrons. The number of benzene rings is 1. The Labute approximate surface area is 106 Å². The van der Waals surface area contributed by atoms with Crippen LogP contribution in [-0.2, 0) is 4.79 Å². The minimum atomic E-state index is -0.602. The van der Waals surface area contributed by atoms with Crippen LogP contribution in [0.5, 0.6) is 5.75 Å². The molecule has 2 rings (SSSR count). The monoisotopic (exact) mass is 244 g/mol. The standard InChI is InChI=1S/C14H16N2O2/c1-9(2)13(15)14(17)18-11-5-6-12-10(8-11)4-3-7-16-12/h3-9,13H,15H2,1-2H3. The Morgan fingerprint density at radius 3 is 2.83 bits per heavy atom. The van der Waals surface area contributed by atoms with Crippen molar-refractivity contribution in [2.75, 3.05) is 0 Å². The van der Waals surface area contributed by atoms with Crippen LogP contribution < -0.4 is 10.5 Å². The normalized spacial score (nSPS) is 12.7. The fraction of sp³-hybridized carbons (Fsp3) is 0.286. The minimum absolute atomic E-state index is 0.0552. The molecule has 0 amide bonds. The van der Waals surface area contributed by atoms with E-state index in [4.69, 9.17) is 10.5 Å². The van der Waals surface area contributed by atoms with Crippen molar-refractivity contribution >= 4 is 16.9 Å². The zero-order chi connectivity index (χ0) is 13.1. The highest BCUT2D eigenvalue weighted by molar-refractivity contribution is 5.82. The zero-order valence-corrected chi connectivity index (χ0v) is 10.5. The van der Waals surface area contributed by atoms with E-state index in [0.717, 1.165) is 10.9 Å². The Morgan fingerprint density at radius 1 is 1.33 bits per heavy atom. The summed E-state index contributed by atoms with van der Waals surface area (Å²) in [6, 6.07) is 8.48. The lowest BCUT2D eigenvalue weighted by atomic mass is 10.1. The molecule has 4 heteroatoms. The number of hydrogen-bond acceptors (Lipinski definition) is 4. The van der Waals surface area contributed by atoms with Gasteiger partial charge in [0.15, 0.2) is 0 Å². The van der Waals surface area contributed by atoms with Crippen molar-refractivity contribution in [1.82, 2.24) is 4.98 Å². The molecule has 4 nitrogen and oxygen atoms in total. The summed E-state index contributed by atoms with van der Waals surface area (Å²) in [4.78, 5) is 15.9. The van der Waals surface area contributed by atoms with E-state index in [0.29, 0.717) is 5.75 Å². The SMILES string of the molecule is CC(C)C(N)C(=O)Oc1ccc2ncccc2c1. The number of rotatable bonds is 3. The van der Waals surface area contributed by atoms with Crippen LogP contribution >= 0.6 is 0 Å². The van der Waals surface area contributed by atoms with Gasteiger partial charge in [0, 0.05) is 11.6 Å². The van der Waals surface area contributed by atoms with Gasteiger partial charge in [-0.15, -0.1) is 0 Å². The average molecular weight is 244 g/mol. The molecule has 1 atom stereocenters. The number of fused-ring (bicyclic) bond motifs is 1. The molecule has 0 radical (unpaired) electrons. The molecule has 2 aromatic rings. The predicted molar refractivity (Wildman–Crippen MR) is 70.2 cm³/mol. The molecule has 0 saturated carbocycles. The van der Waals surface area contributed by atoms with Crippen LogP contribution in [0.1, 0.15) is 13.8 Å². The van der Waals surface area contributed by atoms with Gasteiger partial charge in [0.05, 0.1) is 5.52 Å². The minimum Gasteiger partial charge on any atom is -0.425 e. The molecule has 0 fully saturated rings. The van der Waals surface area contributed by atoms with Crippen LogP contribution in [0, 0.1) is 5.92 Å². The molecule has 0 saturated heterocycles. The van der Waals surface area contributed by atoms with Gasteiger partial charge < -0.3 is 10.5 Å². The van der Waals surface area contributed by atoms with E-state index in [9.17, 15) is 4.79 Å². The van der Waals surface area contributed by atoms with Crippen LogP contribution in [0.25, 0.3) is 10.9 Å². The quantitative estimate of drug-likeness (QED) is 0.663. The Hall–Kier alpha value is -1.94. The molecule has 0 aliphatic carbocycles. The largest absolute Gasteiger partial charge is 0.425 e. The molecule has 0 bridgehead atoms. The van der Waals surface area contributed by atoms with E-state index in [2.05, 4.69) is 4.98 Å². The summed E-state index contributed by atoms with van der Waals surface area (Å²) in [6.07, 6.45) is 1.72. The van der Waals surface area contributed by atoms with Crippen molar-refractivity contribution in [2.45, 2.75) is 19.9 Å². The number of pyridine rings is 1. The molecular formula is C14H16N2O2. The second kappa shape index (κ2) is 5.14. The third-order valence-corrected chi connectivity index (χ3v) is 2.78. The van der Waals surface area contributed by atoms with E-state index in [1.807, 2.05) is 32.0 Å². The fourth-order valence-electron chi connectivity index (χ4n) is 1.57. The Balaban J connectivity index is 2.19. The topological polar surface area (TPSA) is 65.2 Å². The van der Waals surface area contributed by atoms with E-state index < -0.39 is 12.0 Å². The first-order valence-corrected chi connectivity index (χ1v) is 5.90. The maximum atomic E-state index is 11.7. The van der Waals surface area contributed by atoms with Crippen LogP contribution in [0.4, 0.5) is 0 Å². The van der Waals surface area contributed by atoms with E-state index >= 15 is 0 Å². The number of nitrogens with zero attached hydrogens (tertiary/aromatic N) is 1. The third-order valence-electron chi connectivity index (χ3n) is 2.78. The highest BCUT2D eigenvalue weighted by Gasteiger charge is 2.19. The average Bonchev–Trinajstić information content (AvgIpc) is 2.37. The molecule has 0 aliphatic heterocycles. The molecule has 1 heterocycles. The maximum absolute atomic E-state index is 11.7. The number of hydrogen-bond donors (Lipinski definition) is 1. The first-order valence-electron chi connectivity index (χ1n) is 5.90. The van der Waals surface area contributed by atoms with Gasteiger partial charge in [0.25, 0.3) is 0 Å². The highest BCUT2D eigenvalue weighted by Crippen LogP contribution is 2.19. The van der Waals surface area contributed by atoms with Crippen molar-refractivity contribution < 1.29 is 9.53 Å². The van der Waals surface area contributed by atoms with Gasteiger partial charge in [-0.2, -0.15) is 0 Å². The van der Waals surface area contributed by atoms with Gasteiger partial charge in [-0.25, -0.2) is 4.79 Å².